The summed E-state index contributed by atoms with van der Waals surface area (Å²) in [4.78, 5) is 5.21. The Labute approximate surface area is 327 Å². The molecule has 1 atom stereocenters. The van der Waals surface area contributed by atoms with Crippen LogP contribution in [-0.2, 0) is 5.41 Å². The standard InChI is InChI=1S/C53H36N2O/c1-3-18-35(19-4-1)48-34-49(55-52(54-48)36-20-5-2-6-21-36)42-27-10-9-23-38(42)37-22-7-8-24-39(37)43-28-17-32-47-51(43)56-50-33-16-15-31-46(50)53(47)44-29-13-11-25-40(44)41-26-12-14-30-45(41)53/h1-34,48H,(H,54,55). The second kappa shape index (κ2) is 13.0. The van der Waals surface area contributed by atoms with Crippen molar-refractivity contribution in [2.24, 2.45) is 4.99 Å². The highest BCUT2D eigenvalue weighted by Crippen LogP contribution is 2.63. The fraction of sp³-hybridized carbons (Fsp3) is 0.0377. The van der Waals surface area contributed by atoms with Gasteiger partial charge < -0.3 is 10.1 Å². The van der Waals surface area contributed by atoms with E-state index in [-0.39, 0.29) is 6.04 Å². The van der Waals surface area contributed by atoms with Crippen LogP contribution in [-0.4, -0.2) is 5.84 Å². The summed E-state index contributed by atoms with van der Waals surface area (Å²) in [6, 6.07) is 71.3. The third kappa shape index (κ3) is 4.87. The normalized spacial score (nSPS) is 15.6. The van der Waals surface area contributed by atoms with Crippen LogP contribution in [0.15, 0.2) is 211 Å². The van der Waals surface area contributed by atoms with E-state index in [1.165, 1.54) is 27.8 Å². The number of fused-ring (bicyclic) bond motifs is 9. The van der Waals surface area contributed by atoms with E-state index in [0.29, 0.717) is 0 Å². The Morgan fingerprint density at radius 1 is 0.411 bits per heavy atom. The first-order valence-electron chi connectivity index (χ1n) is 19.3. The van der Waals surface area contributed by atoms with Crippen LogP contribution in [0.25, 0.3) is 39.1 Å². The van der Waals surface area contributed by atoms with Crippen molar-refractivity contribution in [2.45, 2.75) is 11.5 Å². The Hall–Kier alpha value is -7.23. The van der Waals surface area contributed by atoms with Gasteiger partial charge in [-0.2, -0.15) is 0 Å². The highest BCUT2D eigenvalue weighted by molar-refractivity contribution is 6.06. The molecule has 0 saturated carbocycles. The molecule has 2 aliphatic heterocycles. The van der Waals surface area contributed by atoms with E-state index in [1.807, 2.05) is 6.07 Å². The topological polar surface area (TPSA) is 33.6 Å². The number of ether oxygens (including phenoxy) is 1. The van der Waals surface area contributed by atoms with Crippen molar-refractivity contribution < 1.29 is 4.74 Å². The van der Waals surface area contributed by atoms with Crippen molar-refractivity contribution >= 4 is 11.5 Å². The molecule has 0 aromatic heterocycles. The van der Waals surface area contributed by atoms with Crippen molar-refractivity contribution in [3.05, 3.63) is 245 Å². The summed E-state index contributed by atoms with van der Waals surface area (Å²) >= 11 is 0. The summed E-state index contributed by atoms with van der Waals surface area (Å²) < 4.78 is 7.10. The molecule has 0 radical (unpaired) electrons. The van der Waals surface area contributed by atoms with Crippen LogP contribution in [0.1, 0.15) is 45.0 Å². The minimum atomic E-state index is -0.531. The number of hydrogen-bond donors (Lipinski definition) is 1. The number of benzene rings is 8. The summed E-state index contributed by atoms with van der Waals surface area (Å²) in [5, 5.41) is 3.75. The largest absolute Gasteiger partial charge is 0.456 e. The number of amidine groups is 1. The molecule has 0 fully saturated rings. The molecule has 8 aromatic carbocycles. The zero-order chi connectivity index (χ0) is 37.1. The van der Waals surface area contributed by atoms with Crippen LogP contribution >= 0.6 is 0 Å². The maximum Gasteiger partial charge on any atom is 0.140 e. The second-order valence-electron chi connectivity index (χ2n) is 14.6. The van der Waals surface area contributed by atoms with Crippen LogP contribution in [0.5, 0.6) is 11.5 Å². The average molecular weight is 717 g/mol. The predicted octanol–water partition coefficient (Wildman–Crippen LogP) is 12.6. The zero-order valence-electron chi connectivity index (χ0n) is 30.6. The van der Waals surface area contributed by atoms with Crippen molar-refractivity contribution in [1.82, 2.24) is 5.32 Å². The number of aliphatic imine (C=N–C) groups is 1. The van der Waals surface area contributed by atoms with Crippen molar-refractivity contribution in [3.63, 3.8) is 0 Å². The Morgan fingerprint density at radius 3 is 1.57 bits per heavy atom. The van der Waals surface area contributed by atoms with Crippen molar-refractivity contribution in [1.29, 1.82) is 0 Å². The molecular formula is C53H36N2O. The quantitative estimate of drug-likeness (QED) is 0.192. The van der Waals surface area contributed by atoms with Gasteiger partial charge in [0.15, 0.2) is 0 Å². The zero-order valence-corrected chi connectivity index (χ0v) is 30.6. The van der Waals surface area contributed by atoms with E-state index in [9.17, 15) is 0 Å². The van der Waals surface area contributed by atoms with Crippen LogP contribution in [0.4, 0.5) is 0 Å². The first kappa shape index (κ1) is 32.2. The van der Waals surface area contributed by atoms with Gasteiger partial charge in [0.2, 0.25) is 0 Å². The second-order valence-corrected chi connectivity index (χ2v) is 14.6. The highest BCUT2D eigenvalue weighted by atomic mass is 16.5. The Balaban J connectivity index is 1.10. The van der Waals surface area contributed by atoms with Gasteiger partial charge in [0.1, 0.15) is 17.3 Å². The van der Waals surface area contributed by atoms with Crippen LogP contribution in [0.3, 0.4) is 0 Å². The van der Waals surface area contributed by atoms with Gasteiger partial charge in [-0.15, -0.1) is 0 Å². The van der Waals surface area contributed by atoms with Gasteiger partial charge in [0.25, 0.3) is 0 Å². The fourth-order valence-electron chi connectivity index (χ4n) is 9.25. The highest BCUT2D eigenvalue weighted by Gasteiger charge is 2.51. The molecule has 264 valence electrons. The molecule has 0 saturated heterocycles. The molecule has 2 heterocycles. The van der Waals surface area contributed by atoms with Crippen LogP contribution in [0, 0.1) is 0 Å². The van der Waals surface area contributed by atoms with Gasteiger partial charge in [-0.05, 0) is 56.6 Å². The molecule has 0 amide bonds. The van der Waals surface area contributed by atoms with Crippen molar-refractivity contribution in [2.75, 3.05) is 0 Å². The molecule has 3 nitrogen and oxygen atoms in total. The molecule has 3 heteroatoms. The molecule has 1 aliphatic carbocycles. The molecule has 8 aromatic rings. The fourth-order valence-corrected chi connectivity index (χ4v) is 9.25. The third-order valence-corrected chi connectivity index (χ3v) is 11.6. The number of nitrogens with zero attached hydrogens (tertiary/aromatic N) is 1. The summed E-state index contributed by atoms with van der Waals surface area (Å²) in [5.41, 5.74) is 15.7. The summed E-state index contributed by atoms with van der Waals surface area (Å²) in [7, 11) is 0. The number of rotatable bonds is 5. The Kier molecular flexibility index (Phi) is 7.46. The molecule has 1 spiro atoms. The van der Waals surface area contributed by atoms with E-state index in [0.717, 1.165) is 67.5 Å². The molecule has 11 rings (SSSR count). The maximum absolute atomic E-state index is 7.10. The van der Waals surface area contributed by atoms with E-state index in [4.69, 9.17) is 9.73 Å². The smallest absolute Gasteiger partial charge is 0.140 e. The SMILES string of the molecule is C1=C(c2ccccc2-c2ccccc2-c2cccc3c2Oc2ccccc2C32c3ccccc3-c3ccccc32)NC(c2ccccc2)=NC1c1ccccc1. The van der Waals surface area contributed by atoms with Gasteiger partial charge in [-0.1, -0.05) is 194 Å². The molecule has 1 N–H and O–H groups in total. The lowest BCUT2D eigenvalue weighted by Crippen LogP contribution is -2.32. The number of para-hydroxylation sites is 2. The predicted molar refractivity (Wildman–Crippen MR) is 228 cm³/mol. The van der Waals surface area contributed by atoms with Gasteiger partial charge in [-0.25, -0.2) is 0 Å². The Morgan fingerprint density at radius 2 is 0.893 bits per heavy atom. The maximum atomic E-state index is 7.10. The minimum Gasteiger partial charge on any atom is -0.456 e. The van der Waals surface area contributed by atoms with E-state index in [2.05, 4.69) is 206 Å². The van der Waals surface area contributed by atoms with Crippen LogP contribution < -0.4 is 10.1 Å². The number of hydrogen-bond acceptors (Lipinski definition) is 3. The van der Waals surface area contributed by atoms with Gasteiger partial charge in [-0.3, -0.25) is 4.99 Å². The van der Waals surface area contributed by atoms with Gasteiger partial charge in [0.05, 0.1) is 11.5 Å². The monoisotopic (exact) mass is 716 g/mol. The van der Waals surface area contributed by atoms with Gasteiger partial charge in [0, 0.05) is 33.5 Å². The Bertz CT molecular complexity index is 2830. The summed E-state index contributed by atoms with van der Waals surface area (Å²) in [5.74, 6) is 2.63. The summed E-state index contributed by atoms with van der Waals surface area (Å²) in [6.45, 7) is 0. The van der Waals surface area contributed by atoms with Gasteiger partial charge >= 0.3 is 0 Å². The average Bonchev–Trinajstić information content (AvgIpc) is 3.57. The number of nitrogens with one attached hydrogen (secondary N) is 1. The van der Waals surface area contributed by atoms with E-state index >= 15 is 0 Å². The molecule has 1 unspecified atom stereocenters. The first-order chi connectivity index (χ1) is 27.8. The molecule has 0 bridgehead atoms. The first-order valence-corrected chi connectivity index (χ1v) is 19.3. The minimum absolute atomic E-state index is 0.145. The molecule has 56 heavy (non-hydrogen) atoms. The molecular weight excluding hydrogens is 681 g/mol. The molecule has 3 aliphatic rings. The third-order valence-electron chi connectivity index (χ3n) is 11.6. The van der Waals surface area contributed by atoms with E-state index < -0.39 is 5.41 Å². The summed E-state index contributed by atoms with van der Waals surface area (Å²) in [6.07, 6.45) is 2.26. The van der Waals surface area contributed by atoms with Crippen molar-refractivity contribution in [3.8, 4) is 44.9 Å². The lowest BCUT2D eigenvalue weighted by Gasteiger charge is -2.40. The van der Waals surface area contributed by atoms with Crippen LogP contribution in [0.2, 0.25) is 0 Å². The lowest BCUT2D eigenvalue weighted by atomic mass is 9.65. The van der Waals surface area contributed by atoms with E-state index in [1.54, 1.807) is 0 Å². The lowest BCUT2D eigenvalue weighted by molar-refractivity contribution is 0.438.